The second kappa shape index (κ2) is 5.30. The summed E-state index contributed by atoms with van der Waals surface area (Å²) in [6.45, 7) is 1.78. The number of phenolic OH excluding ortho intramolecular Hbond substituents is 1. The van der Waals surface area contributed by atoms with Gasteiger partial charge < -0.3 is 15.5 Å². The van der Waals surface area contributed by atoms with Gasteiger partial charge in [0.05, 0.1) is 11.8 Å². The van der Waals surface area contributed by atoms with Gasteiger partial charge in [0, 0.05) is 5.69 Å². The lowest BCUT2D eigenvalue weighted by Gasteiger charge is -2.16. The Hall–Kier alpha value is -2.04. The largest absolute Gasteiger partial charge is 0.508 e. The number of carboxylic acid groups (broad SMARTS) is 1. The zero-order chi connectivity index (χ0) is 14.0. The van der Waals surface area contributed by atoms with Crippen LogP contribution >= 0.6 is 0 Å². The van der Waals surface area contributed by atoms with Crippen LogP contribution in [0.5, 0.6) is 5.75 Å². The summed E-state index contributed by atoms with van der Waals surface area (Å²) in [6.07, 6.45) is 1.94. The highest BCUT2D eigenvalue weighted by Crippen LogP contribution is 2.33. The number of anilines is 1. The third kappa shape index (κ3) is 2.86. The second-order valence-electron chi connectivity index (χ2n) is 4.97. The van der Waals surface area contributed by atoms with Crippen LogP contribution < -0.4 is 5.32 Å². The summed E-state index contributed by atoms with van der Waals surface area (Å²) >= 11 is 0. The molecule has 1 amide bonds. The van der Waals surface area contributed by atoms with Crippen LogP contribution in [0.4, 0.5) is 5.69 Å². The number of phenols is 1. The Morgan fingerprint density at radius 2 is 1.95 bits per heavy atom. The second-order valence-corrected chi connectivity index (χ2v) is 4.97. The molecule has 0 spiro atoms. The van der Waals surface area contributed by atoms with E-state index in [0.29, 0.717) is 18.5 Å². The molecule has 19 heavy (non-hydrogen) atoms. The quantitative estimate of drug-likeness (QED) is 0.729. The standard InChI is InChI=1S/C14H17NO4/c1-8-7-9(16)5-6-12(8)15-13(17)10-3-2-4-11(10)14(18)19/h5-7,10-11,16H,2-4H2,1H3,(H,15,17)(H,18,19)/t10-,11+/m1/s1. The molecular weight excluding hydrogens is 246 g/mol. The number of aliphatic carboxylic acids is 1. The van der Waals surface area contributed by atoms with Crippen molar-refractivity contribution in [3.63, 3.8) is 0 Å². The van der Waals surface area contributed by atoms with Crippen molar-refractivity contribution in [3.8, 4) is 5.75 Å². The van der Waals surface area contributed by atoms with E-state index in [4.69, 9.17) is 5.11 Å². The van der Waals surface area contributed by atoms with Crippen molar-refractivity contribution in [2.24, 2.45) is 11.8 Å². The average molecular weight is 263 g/mol. The number of nitrogens with one attached hydrogen (secondary N) is 1. The van der Waals surface area contributed by atoms with Gasteiger partial charge >= 0.3 is 5.97 Å². The van der Waals surface area contributed by atoms with E-state index in [1.54, 1.807) is 19.1 Å². The van der Waals surface area contributed by atoms with Gasteiger partial charge in [-0.05, 0) is 43.5 Å². The van der Waals surface area contributed by atoms with Gasteiger partial charge in [-0.15, -0.1) is 0 Å². The molecule has 1 aromatic rings. The van der Waals surface area contributed by atoms with E-state index >= 15 is 0 Å². The third-order valence-electron chi connectivity index (χ3n) is 3.64. The van der Waals surface area contributed by atoms with Gasteiger partial charge in [-0.1, -0.05) is 6.42 Å². The van der Waals surface area contributed by atoms with Crippen LogP contribution in [-0.4, -0.2) is 22.1 Å². The number of aryl methyl sites for hydroxylation is 1. The van der Waals surface area contributed by atoms with Crippen LogP contribution in [0, 0.1) is 18.8 Å². The fraction of sp³-hybridized carbons (Fsp3) is 0.429. The van der Waals surface area contributed by atoms with Gasteiger partial charge in [-0.3, -0.25) is 9.59 Å². The molecule has 2 atom stereocenters. The maximum absolute atomic E-state index is 12.1. The molecule has 1 saturated carbocycles. The molecule has 0 saturated heterocycles. The Bertz CT molecular complexity index is 512. The highest BCUT2D eigenvalue weighted by molar-refractivity contribution is 5.96. The number of amides is 1. The molecule has 0 unspecified atom stereocenters. The number of hydrogen-bond donors (Lipinski definition) is 3. The molecule has 0 heterocycles. The lowest BCUT2D eigenvalue weighted by atomic mass is 9.95. The minimum atomic E-state index is -0.903. The van der Waals surface area contributed by atoms with Crippen LogP contribution in [-0.2, 0) is 9.59 Å². The molecule has 1 aliphatic carbocycles. The predicted octanol–water partition coefficient (Wildman–Crippen LogP) is 2.14. The molecule has 3 N–H and O–H groups in total. The Kier molecular flexibility index (Phi) is 3.74. The van der Waals surface area contributed by atoms with Crippen molar-refractivity contribution < 1.29 is 19.8 Å². The molecule has 102 valence electrons. The zero-order valence-electron chi connectivity index (χ0n) is 10.7. The molecule has 0 aliphatic heterocycles. The molecule has 1 fully saturated rings. The first kappa shape index (κ1) is 13.4. The highest BCUT2D eigenvalue weighted by atomic mass is 16.4. The van der Waals surface area contributed by atoms with Gasteiger partial charge in [0.25, 0.3) is 0 Å². The lowest BCUT2D eigenvalue weighted by molar-refractivity contribution is -0.145. The van der Waals surface area contributed by atoms with Gasteiger partial charge in [-0.2, -0.15) is 0 Å². The summed E-state index contributed by atoms with van der Waals surface area (Å²) in [5.41, 5.74) is 1.36. The summed E-state index contributed by atoms with van der Waals surface area (Å²) in [5.74, 6) is -2.07. The van der Waals surface area contributed by atoms with E-state index in [9.17, 15) is 14.7 Å². The van der Waals surface area contributed by atoms with Crippen molar-refractivity contribution in [1.29, 1.82) is 0 Å². The van der Waals surface area contributed by atoms with Crippen LogP contribution in [0.3, 0.4) is 0 Å². The normalized spacial score (nSPS) is 22.2. The van der Waals surface area contributed by atoms with Crippen LogP contribution in [0.2, 0.25) is 0 Å². The molecule has 2 rings (SSSR count). The number of rotatable bonds is 3. The summed E-state index contributed by atoms with van der Waals surface area (Å²) in [5, 5.41) is 21.1. The van der Waals surface area contributed by atoms with E-state index in [2.05, 4.69) is 5.32 Å². The van der Waals surface area contributed by atoms with Crippen LogP contribution in [0.1, 0.15) is 24.8 Å². The Morgan fingerprint density at radius 1 is 1.26 bits per heavy atom. The summed E-state index contributed by atoms with van der Waals surface area (Å²) in [4.78, 5) is 23.2. The van der Waals surface area contributed by atoms with Crippen molar-refractivity contribution in [2.75, 3.05) is 5.32 Å². The zero-order valence-corrected chi connectivity index (χ0v) is 10.7. The third-order valence-corrected chi connectivity index (χ3v) is 3.64. The minimum absolute atomic E-state index is 0.139. The van der Waals surface area contributed by atoms with Crippen LogP contribution in [0.15, 0.2) is 18.2 Å². The van der Waals surface area contributed by atoms with Crippen molar-refractivity contribution in [2.45, 2.75) is 26.2 Å². The molecule has 0 bridgehead atoms. The monoisotopic (exact) mass is 263 g/mol. The summed E-state index contributed by atoms with van der Waals surface area (Å²) < 4.78 is 0. The maximum atomic E-state index is 12.1. The first-order valence-electron chi connectivity index (χ1n) is 6.32. The number of carbonyl (C=O) groups excluding carboxylic acids is 1. The smallest absolute Gasteiger partial charge is 0.307 e. The van der Waals surface area contributed by atoms with Crippen molar-refractivity contribution >= 4 is 17.6 Å². The first-order chi connectivity index (χ1) is 8.99. The molecule has 1 aliphatic rings. The lowest BCUT2D eigenvalue weighted by Crippen LogP contribution is -2.30. The van der Waals surface area contributed by atoms with Gasteiger partial charge in [-0.25, -0.2) is 0 Å². The van der Waals surface area contributed by atoms with E-state index in [1.165, 1.54) is 6.07 Å². The Morgan fingerprint density at radius 3 is 2.58 bits per heavy atom. The maximum Gasteiger partial charge on any atom is 0.307 e. The Labute approximate surface area is 111 Å². The summed E-state index contributed by atoms with van der Waals surface area (Å²) in [6, 6.07) is 4.66. The van der Waals surface area contributed by atoms with Gasteiger partial charge in [0.15, 0.2) is 0 Å². The minimum Gasteiger partial charge on any atom is -0.508 e. The number of aromatic hydroxyl groups is 1. The molecular formula is C14H17NO4. The highest BCUT2D eigenvalue weighted by Gasteiger charge is 2.37. The van der Waals surface area contributed by atoms with E-state index < -0.39 is 17.8 Å². The number of carbonyl (C=O) groups is 2. The molecule has 5 nitrogen and oxygen atoms in total. The first-order valence-corrected chi connectivity index (χ1v) is 6.32. The average Bonchev–Trinajstić information content (AvgIpc) is 2.82. The molecule has 0 radical (unpaired) electrons. The topological polar surface area (TPSA) is 86.6 Å². The Balaban J connectivity index is 2.10. The summed E-state index contributed by atoms with van der Waals surface area (Å²) in [7, 11) is 0. The van der Waals surface area contributed by atoms with Gasteiger partial charge in [0.1, 0.15) is 5.75 Å². The fourth-order valence-corrected chi connectivity index (χ4v) is 2.58. The SMILES string of the molecule is Cc1cc(O)ccc1NC(=O)[C@@H]1CCC[C@@H]1C(=O)O. The molecule has 5 heteroatoms. The van der Waals surface area contributed by atoms with E-state index in [1.807, 2.05) is 0 Å². The number of carboxylic acids is 1. The predicted molar refractivity (Wildman–Crippen MR) is 69.9 cm³/mol. The van der Waals surface area contributed by atoms with Crippen LogP contribution in [0.25, 0.3) is 0 Å². The fourth-order valence-electron chi connectivity index (χ4n) is 2.58. The van der Waals surface area contributed by atoms with Crippen molar-refractivity contribution in [3.05, 3.63) is 23.8 Å². The van der Waals surface area contributed by atoms with E-state index in [-0.39, 0.29) is 11.7 Å². The number of hydrogen-bond acceptors (Lipinski definition) is 3. The van der Waals surface area contributed by atoms with Gasteiger partial charge in [0.2, 0.25) is 5.91 Å². The van der Waals surface area contributed by atoms with E-state index in [0.717, 1.165) is 12.0 Å². The molecule has 1 aromatic carbocycles. The number of benzene rings is 1. The van der Waals surface area contributed by atoms with Crippen molar-refractivity contribution in [1.82, 2.24) is 0 Å². The molecule has 0 aromatic heterocycles.